The Bertz CT molecular complexity index is 676. The molecule has 9 heteroatoms. The van der Waals surface area contributed by atoms with Crippen molar-refractivity contribution < 1.29 is 14.7 Å². The predicted octanol–water partition coefficient (Wildman–Crippen LogP) is -0.490. The summed E-state index contributed by atoms with van der Waals surface area (Å²) < 4.78 is 0. The molecule has 0 radical (unpaired) electrons. The highest BCUT2D eigenvalue weighted by molar-refractivity contribution is 6.05. The van der Waals surface area contributed by atoms with Crippen molar-refractivity contribution in [3.05, 3.63) is 46.5 Å². The number of amides is 1. The monoisotopic (exact) mass is 261 g/mol. The molecule has 0 unspecified atom stereocenters. The van der Waals surface area contributed by atoms with Gasteiger partial charge in [-0.2, -0.15) is 0 Å². The summed E-state index contributed by atoms with van der Waals surface area (Å²) in [5.74, 6) is -2.23. The second-order valence-electron chi connectivity index (χ2n) is 3.31. The highest BCUT2D eigenvalue weighted by atomic mass is 16.4. The van der Waals surface area contributed by atoms with Crippen LogP contribution < -0.4 is 10.9 Å². The zero-order valence-corrected chi connectivity index (χ0v) is 9.32. The van der Waals surface area contributed by atoms with Crippen LogP contribution in [0.3, 0.4) is 0 Å². The molecule has 0 atom stereocenters. The fourth-order valence-electron chi connectivity index (χ4n) is 1.22. The van der Waals surface area contributed by atoms with Crippen molar-refractivity contribution in [2.24, 2.45) is 0 Å². The Morgan fingerprint density at radius 3 is 2.58 bits per heavy atom. The molecule has 2 aromatic heterocycles. The average Bonchev–Trinajstić information content (AvgIpc) is 2.39. The molecule has 0 saturated carbocycles. The van der Waals surface area contributed by atoms with Gasteiger partial charge in [-0.05, 0) is 0 Å². The molecular weight excluding hydrogens is 254 g/mol. The van der Waals surface area contributed by atoms with Gasteiger partial charge in [0.25, 0.3) is 11.5 Å². The summed E-state index contributed by atoms with van der Waals surface area (Å²) in [5.41, 5.74) is -0.927. The van der Waals surface area contributed by atoms with Crippen LogP contribution in [0.15, 0.2) is 29.6 Å². The van der Waals surface area contributed by atoms with E-state index in [1.807, 2.05) is 0 Å². The molecule has 0 saturated heterocycles. The Balaban J connectivity index is 2.26. The van der Waals surface area contributed by atoms with E-state index in [1.54, 1.807) is 0 Å². The minimum atomic E-state index is -1.32. The summed E-state index contributed by atoms with van der Waals surface area (Å²) in [4.78, 5) is 46.6. The maximum Gasteiger partial charge on any atom is 0.358 e. The lowest BCUT2D eigenvalue weighted by atomic mass is 10.3. The lowest BCUT2D eigenvalue weighted by Gasteiger charge is -2.05. The van der Waals surface area contributed by atoms with Gasteiger partial charge in [-0.3, -0.25) is 9.59 Å². The molecule has 0 aromatic carbocycles. The maximum absolute atomic E-state index is 11.7. The number of carboxylic acids is 1. The van der Waals surface area contributed by atoms with E-state index in [1.165, 1.54) is 12.4 Å². The number of aromatic amines is 1. The van der Waals surface area contributed by atoms with Gasteiger partial charge >= 0.3 is 5.97 Å². The second kappa shape index (κ2) is 5.04. The zero-order chi connectivity index (χ0) is 13.8. The Morgan fingerprint density at radius 2 is 1.95 bits per heavy atom. The van der Waals surface area contributed by atoms with Crippen molar-refractivity contribution in [3.63, 3.8) is 0 Å². The number of carboxylic acid groups (broad SMARTS) is 1. The first kappa shape index (κ1) is 12.4. The summed E-state index contributed by atoms with van der Waals surface area (Å²) in [7, 11) is 0. The van der Waals surface area contributed by atoms with Crippen LogP contribution >= 0.6 is 0 Å². The fourth-order valence-corrected chi connectivity index (χ4v) is 1.22. The van der Waals surface area contributed by atoms with E-state index < -0.39 is 17.4 Å². The van der Waals surface area contributed by atoms with Gasteiger partial charge in [0.15, 0.2) is 11.5 Å². The van der Waals surface area contributed by atoms with E-state index in [0.29, 0.717) is 0 Å². The number of nitrogens with zero attached hydrogens (tertiary/aromatic N) is 3. The summed E-state index contributed by atoms with van der Waals surface area (Å²) in [5, 5.41) is 11.1. The normalized spacial score (nSPS) is 9.89. The molecule has 2 aromatic rings. The van der Waals surface area contributed by atoms with Crippen LogP contribution in [-0.2, 0) is 0 Å². The topological polar surface area (TPSA) is 138 Å². The summed E-state index contributed by atoms with van der Waals surface area (Å²) in [6, 6.07) is 0. The lowest BCUT2D eigenvalue weighted by Crippen LogP contribution is -2.19. The van der Waals surface area contributed by atoms with Gasteiger partial charge in [-0.15, -0.1) is 0 Å². The van der Waals surface area contributed by atoms with Gasteiger partial charge in [0, 0.05) is 18.6 Å². The molecule has 3 N–H and O–H groups in total. The van der Waals surface area contributed by atoms with Crippen LogP contribution in [0.25, 0.3) is 0 Å². The standard InChI is InChI=1S/C10H7N5O4/c16-6-4-13-5(3-14-6)9(17)15-8-7(10(18)19)11-1-2-12-8/h1-4H,(H,14,16)(H,18,19)(H,12,15,17). The van der Waals surface area contributed by atoms with E-state index >= 15 is 0 Å². The van der Waals surface area contributed by atoms with Crippen molar-refractivity contribution >= 4 is 17.7 Å². The molecule has 0 spiro atoms. The van der Waals surface area contributed by atoms with E-state index in [-0.39, 0.29) is 17.2 Å². The Labute approximate surface area is 105 Å². The zero-order valence-electron chi connectivity index (χ0n) is 9.32. The summed E-state index contributed by atoms with van der Waals surface area (Å²) >= 11 is 0. The molecule has 0 bridgehead atoms. The number of anilines is 1. The molecule has 2 rings (SSSR count). The van der Waals surface area contributed by atoms with Gasteiger partial charge in [0.2, 0.25) is 0 Å². The minimum Gasteiger partial charge on any atom is -0.476 e. The summed E-state index contributed by atoms with van der Waals surface area (Å²) in [6.07, 6.45) is 4.47. The van der Waals surface area contributed by atoms with Crippen LogP contribution in [0.4, 0.5) is 5.82 Å². The molecule has 1 amide bonds. The maximum atomic E-state index is 11.7. The number of carbonyl (C=O) groups excluding carboxylic acids is 1. The average molecular weight is 261 g/mol. The third kappa shape index (κ3) is 2.77. The Morgan fingerprint density at radius 1 is 1.21 bits per heavy atom. The highest BCUT2D eigenvalue weighted by Gasteiger charge is 2.16. The van der Waals surface area contributed by atoms with Crippen molar-refractivity contribution in [2.45, 2.75) is 0 Å². The number of aromatic nitrogens is 4. The van der Waals surface area contributed by atoms with E-state index in [4.69, 9.17) is 5.11 Å². The molecule has 9 nitrogen and oxygen atoms in total. The van der Waals surface area contributed by atoms with Crippen LogP contribution in [0.2, 0.25) is 0 Å². The molecule has 19 heavy (non-hydrogen) atoms. The predicted molar refractivity (Wildman–Crippen MR) is 61.8 cm³/mol. The van der Waals surface area contributed by atoms with E-state index in [9.17, 15) is 14.4 Å². The first-order valence-electron chi connectivity index (χ1n) is 4.98. The molecule has 2 heterocycles. The largest absolute Gasteiger partial charge is 0.476 e. The number of nitrogens with one attached hydrogen (secondary N) is 2. The first-order valence-corrected chi connectivity index (χ1v) is 4.98. The minimum absolute atomic E-state index is 0.0819. The smallest absolute Gasteiger partial charge is 0.358 e. The Kier molecular flexibility index (Phi) is 3.28. The van der Waals surface area contributed by atoms with Crippen molar-refractivity contribution in [1.82, 2.24) is 19.9 Å². The molecule has 96 valence electrons. The molecule has 0 aliphatic heterocycles. The van der Waals surface area contributed by atoms with Crippen LogP contribution in [-0.4, -0.2) is 36.9 Å². The number of carbonyl (C=O) groups is 2. The highest BCUT2D eigenvalue weighted by Crippen LogP contribution is 2.09. The number of rotatable bonds is 3. The van der Waals surface area contributed by atoms with Gasteiger partial charge < -0.3 is 15.4 Å². The molecule has 0 fully saturated rings. The third-order valence-corrected chi connectivity index (χ3v) is 2.04. The first-order chi connectivity index (χ1) is 9.08. The second-order valence-corrected chi connectivity index (χ2v) is 3.31. The number of hydrogen-bond acceptors (Lipinski definition) is 6. The molecule has 0 aliphatic carbocycles. The lowest BCUT2D eigenvalue weighted by molar-refractivity contribution is 0.0691. The van der Waals surface area contributed by atoms with Crippen molar-refractivity contribution in [1.29, 1.82) is 0 Å². The fraction of sp³-hybridized carbons (Fsp3) is 0. The Hall–Kier alpha value is -3.10. The summed E-state index contributed by atoms with van der Waals surface area (Å²) in [6.45, 7) is 0. The molecule has 0 aliphatic rings. The number of hydrogen-bond donors (Lipinski definition) is 3. The number of H-pyrrole nitrogens is 1. The van der Waals surface area contributed by atoms with Gasteiger partial charge in [0.1, 0.15) is 5.69 Å². The van der Waals surface area contributed by atoms with Gasteiger partial charge in [-0.25, -0.2) is 19.7 Å². The van der Waals surface area contributed by atoms with E-state index in [2.05, 4.69) is 25.3 Å². The number of aromatic carboxylic acids is 1. The SMILES string of the molecule is O=C(Nc1nccnc1C(=O)O)c1c[nH]c(=O)cn1. The molecular formula is C10H7N5O4. The van der Waals surface area contributed by atoms with Gasteiger partial charge in [-0.1, -0.05) is 0 Å². The van der Waals surface area contributed by atoms with Crippen molar-refractivity contribution in [2.75, 3.05) is 5.32 Å². The van der Waals surface area contributed by atoms with Crippen molar-refractivity contribution in [3.8, 4) is 0 Å². The third-order valence-electron chi connectivity index (χ3n) is 2.04. The van der Waals surface area contributed by atoms with Gasteiger partial charge in [0.05, 0.1) is 6.20 Å². The quantitative estimate of drug-likeness (QED) is 0.677. The van der Waals surface area contributed by atoms with Crippen LogP contribution in [0.1, 0.15) is 21.0 Å². The van der Waals surface area contributed by atoms with E-state index in [0.717, 1.165) is 12.4 Å². The van der Waals surface area contributed by atoms with Crippen LogP contribution in [0.5, 0.6) is 0 Å². The van der Waals surface area contributed by atoms with Crippen LogP contribution in [0, 0.1) is 0 Å².